The zero-order valence-corrected chi connectivity index (χ0v) is 26.3. The number of unbranched alkanes of at least 4 members (excludes halogenated alkanes) is 4. The monoisotopic (exact) mass is 567 g/mol. The van der Waals surface area contributed by atoms with Crippen LogP contribution in [0.5, 0.6) is 0 Å². The Morgan fingerprint density at radius 3 is 2.32 bits per heavy atom. The van der Waals surface area contributed by atoms with Crippen molar-refractivity contribution >= 4 is 17.9 Å². The Morgan fingerprint density at radius 1 is 1.05 bits per heavy atom. The highest BCUT2D eigenvalue weighted by Crippen LogP contribution is 2.28. The average molecular weight is 568 g/mol. The second-order valence-corrected chi connectivity index (χ2v) is 12.8. The van der Waals surface area contributed by atoms with E-state index in [2.05, 4.69) is 23.5 Å². The zero-order valence-electron chi connectivity index (χ0n) is 26.3. The Hall–Kier alpha value is -3.01. The maximum Gasteiger partial charge on any atom is 0.408 e. The largest absolute Gasteiger partial charge is 0.444 e. The van der Waals surface area contributed by atoms with Gasteiger partial charge in [-0.3, -0.25) is 9.59 Å². The fourth-order valence-corrected chi connectivity index (χ4v) is 5.44. The molecule has 1 aliphatic rings. The molecule has 2 unspecified atom stereocenters. The number of ether oxygens (including phenoxy) is 1. The van der Waals surface area contributed by atoms with Crippen molar-refractivity contribution in [3.05, 3.63) is 35.4 Å². The minimum absolute atomic E-state index is 0.0737. The van der Waals surface area contributed by atoms with Crippen molar-refractivity contribution in [3.63, 3.8) is 0 Å². The quantitative estimate of drug-likeness (QED) is 0.189. The summed E-state index contributed by atoms with van der Waals surface area (Å²) in [4.78, 5) is 43.1. The van der Waals surface area contributed by atoms with Crippen LogP contribution in [0.3, 0.4) is 0 Å². The molecule has 2 N–H and O–H groups in total. The third kappa shape index (κ3) is 11.8. The molecule has 41 heavy (non-hydrogen) atoms. The van der Waals surface area contributed by atoms with E-state index in [0.29, 0.717) is 24.1 Å². The molecule has 0 aliphatic heterocycles. The number of carbonyl (C=O) groups excluding carboxylic acids is 3. The minimum atomic E-state index is -0.905. The lowest BCUT2D eigenvalue weighted by atomic mass is 9.93. The van der Waals surface area contributed by atoms with Crippen LogP contribution in [0.15, 0.2) is 24.3 Å². The second kappa shape index (κ2) is 17.1. The summed E-state index contributed by atoms with van der Waals surface area (Å²) >= 11 is 0. The summed E-state index contributed by atoms with van der Waals surface area (Å²) in [6.45, 7) is 11.9. The SMILES string of the molecule is C#Cc1ccccc1C(C(=O)NC1CCCCC1)N(CCCCCCC)C(=O)C(CC(C)C)NC(=O)OC(C)(C)C. The molecule has 0 spiro atoms. The minimum Gasteiger partial charge on any atom is -0.444 e. The Labute approximate surface area is 248 Å². The molecular weight excluding hydrogens is 514 g/mol. The molecule has 1 saturated carbocycles. The molecule has 7 nitrogen and oxygen atoms in total. The zero-order chi connectivity index (χ0) is 30.4. The second-order valence-electron chi connectivity index (χ2n) is 12.8. The van der Waals surface area contributed by atoms with Crippen LogP contribution >= 0.6 is 0 Å². The van der Waals surface area contributed by atoms with E-state index in [-0.39, 0.29) is 23.8 Å². The van der Waals surface area contributed by atoms with Gasteiger partial charge in [0.2, 0.25) is 11.8 Å². The Kier molecular flexibility index (Phi) is 14.2. The fourth-order valence-electron chi connectivity index (χ4n) is 5.44. The first-order valence-corrected chi connectivity index (χ1v) is 15.6. The summed E-state index contributed by atoms with van der Waals surface area (Å²) < 4.78 is 5.51. The van der Waals surface area contributed by atoms with Gasteiger partial charge in [0.05, 0.1) is 0 Å². The van der Waals surface area contributed by atoms with Crippen LogP contribution in [0.25, 0.3) is 0 Å². The molecule has 1 fully saturated rings. The van der Waals surface area contributed by atoms with E-state index in [9.17, 15) is 14.4 Å². The smallest absolute Gasteiger partial charge is 0.408 e. The fraction of sp³-hybridized carbons (Fsp3) is 0.676. The Bertz CT molecular complexity index is 1020. The van der Waals surface area contributed by atoms with Crippen molar-refractivity contribution in [1.29, 1.82) is 0 Å². The lowest BCUT2D eigenvalue weighted by molar-refractivity contribution is -0.143. The van der Waals surface area contributed by atoms with E-state index in [1.807, 2.05) is 38.1 Å². The molecule has 1 aliphatic carbocycles. The standard InChI is InChI=1S/C34H53N3O4/c1-8-10-11-12-18-23-37(32(39)29(24-25(3)4)36-33(40)41-34(5,6)7)30(28-22-17-16-19-26(28)9-2)31(38)35-27-20-14-13-15-21-27/h2,16-17,19,22,25,27,29-30H,8,10-15,18,20-21,23-24H2,1,3-7H3,(H,35,38)(H,36,40). The summed E-state index contributed by atoms with van der Waals surface area (Å²) in [5.74, 6) is 2.33. The van der Waals surface area contributed by atoms with Gasteiger partial charge in [0, 0.05) is 18.2 Å². The molecule has 2 rings (SSSR count). The third-order valence-corrected chi connectivity index (χ3v) is 7.40. The van der Waals surface area contributed by atoms with Crippen LogP contribution in [-0.2, 0) is 14.3 Å². The number of nitrogens with one attached hydrogen (secondary N) is 2. The summed E-state index contributed by atoms with van der Waals surface area (Å²) in [6.07, 6.45) is 15.8. The van der Waals surface area contributed by atoms with Crippen LogP contribution in [-0.4, -0.2) is 47.0 Å². The van der Waals surface area contributed by atoms with Gasteiger partial charge in [-0.2, -0.15) is 0 Å². The molecule has 0 bridgehead atoms. The molecule has 2 atom stereocenters. The number of terminal acetylenes is 1. The van der Waals surface area contributed by atoms with Gasteiger partial charge in [0.15, 0.2) is 0 Å². The number of alkyl carbamates (subject to hydrolysis) is 1. The third-order valence-electron chi connectivity index (χ3n) is 7.40. The van der Waals surface area contributed by atoms with Gasteiger partial charge in [-0.05, 0) is 64.0 Å². The molecule has 1 aromatic carbocycles. The molecule has 0 heterocycles. The number of benzene rings is 1. The van der Waals surface area contributed by atoms with E-state index in [1.165, 1.54) is 6.42 Å². The number of amides is 3. The Morgan fingerprint density at radius 2 is 1.71 bits per heavy atom. The molecule has 0 saturated heterocycles. The number of hydrogen-bond donors (Lipinski definition) is 2. The molecule has 0 radical (unpaired) electrons. The lowest BCUT2D eigenvalue weighted by Gasteiger charge is -2.36. The summed E-state index contributed by atoms with van der Waals surface area (Å²) in [6, 6.07) is 5.68. The normalized spacial score (nSPS) is 15.5. The van der Waals surface area contributed by atoms with Crippen LogP contribution in [0.2, 0.25) is 0 Å². The number of rotatable bonds is 14. The van der Waals surface area contributed by atoms with Crippen molar-refractivity contribution in [1.82, 2.24) is 15.5 Å². The van der Waals surface area contributed by atoms with Gasteiger partial charge < -0.3 is 20.3 Å². The predicted molar refractivity (Wildman–Crippen MR) is 165 cm³/mol. The van der Waals surface area contributed by atoms with Crippen LogP contribution in [0.4, 0.5) is 4.79 Å². The maximum atomic E-state index is 14.4. The molecule has 0 aromatic heterocycles. The number of carbonyl (C=O) groups is 3. The van der Waals surface area contributed by atoms with Crippen molar-refractivity contribution < 1.29 is 19.1 Å². The van der Waals surface area contributed by atoms with E-state index in [1.54, 1.807) is 25.7 Å². The van der Waals surface area contributed by atoms with Gasteiger partial charge in [-0.15, -0.1) is 6.42 Å². The molecule has 1 aromatic rings. The van der Waals surface area contributed by atoms with Crippen molar-refractivity contribution in [2.75, 3.05) is 6.54 Å². The first kappa shape index (κ1) is 34.2. The highest BCUT2D eigenvalue weighted by molar-refractivity contribution is 5.92. The number of nitrogens with zero attached hydrogens (tertiary/aromatic N) is 1. The van der Waals surface area contributed by atoms with Gasteiger partial charge >= 0.3 is 6.09 Å². The number of hydrogen-bond acceptors (Lipinski definition) is 4. The summed E-state index contributed by atoms with van der Waals surface area (Å²) in [5.41, 5.74) is 0.509. The maximum absolute atomic E-state index is 14.4. The van der Waals surface area contributed by atoms with Gasteiger partial charge in [0.1, 0.15) is 17.7 Å². The summed E-state index contributed by atoms with van der Waals surface area (Å²) in [5, 5.41) is 6.08. The summed E-state index contributed by atoms with van der Waals surface area (Å²) in [7, 11) is 0. The highest BCUT2D eigenvalue weighted by Gasteiger charge is 2.38. The van der Waals surface area contributed by atoms with Gasteiger partial charge in [0.25, 0.3) is 0 Å². The van der Waals surface area contributed by atoms with E-state index in [0.717, 1.165) is 57.8 Å². The molecule has 7 heteroatoms. The molecule has 3 amide bonds. The van der Waals surface area contributed by atoms with E-state index < -0.39 is 23.8 Å². The molecular formula is C34H53N3O4. The first-order valence-electron chi connectivity index (χ1n) is 15.6. The lowest BCUT2D eigenvalue weighted by Crippen LogP contribution is -2.54. The van der Waals surface area contributed by atoms with Crippen LogP contribution < -0.4 is 10.6 Å². The molecule has 228 valence electrons. The van der Waals surface area contributed by atoms with Crippen LogP contribution in [0, 0.1) is 18.3 Å². The topological polar surface area (TPSA) is 87.7 Å². The highest BCUT2D eigenvalue weighted by atomic mass is 16.6. The van der Waals surface area contributed by atoms with E-state index in [4.69, 9.17) is 11.2 Å². The van der Waals surface area contributed by atoms with E-state index >= 15 is 0 Å². The van der Waals surface area contributed by atoms with Gasteiger partial charge in [-0.25, -0.2) is 4.79 Å². The average Bonchev–Trinajstić information content (AvgIpc) is 2.91. The van der Waals surface area contributed by atoms with Crippen molar-refractivity contribution in [2.45, 2.75) is 136 Å². The predicted octanol–water partition coefficient (Wildman–Crippen LogP) is 6.90. The van der Waals surface area contributed by atoms with Gasteiger partial charge in [-0.1, -0.05) is 89.8 Å². The first-order chi connectivity index (χ1) is 19.5. The van der Waals surface area contributed by atoms with Crippen molar-refractivity contribution in [3.8, 4) is 12.3 Å². The van der Waals surface area contributed by atoms with Crippen LogP contribution in [0.1, 0.15) is 129 Å². The van der Waals surface area contributed by atoms with Crippen molar-refractivity contribution in [2.24, 2.45) is 5.92 Å². The Balaban J connectivity index is 2.51.